The van der Waals surface area contributed by atoms with Gasteiger partial charge in [-0.1, -0.05) is 35.6 Å². The maximum atomic E-state index is 12.5. The fourth-order valence-corrected chi connectivity index (χ4v) is 4.42. The summed E-state index contributed by atoms with van der Waals surface area (Å²) in [5.41, 5.74) is 1.12. The lowest BCUT2D eigenvalue weighted by atomic mass is 10.2. The quantitative estimate of drug-likeness (QED) is 0.483. The van der Waals surface area contributed by atoms with E-state index in [1.807, 2.05) is 6.92 Å². The van der Waals surface area contributed by atoms with Crippen molar-refractivity contribution in [1.29, 1.82) is 0 Å². The molecule has 3 aromatic rings. The second kappa shape index (κ2) is 9.65. The Kier molecular flexibility index (Phi) is 6.98. The maximum absolute atomic E-state index is 12.5. The standard InChI is InChI=1S/C19H20N4O5S2/c1-3-28-16-11-13(9-10-15(16)27-2)12-20-30(25,26)19-23-22-18(29-19)21-17(24)14-7-5-4-6-8-14/h4-11,20H,3,12H2,1-2H3,(H,21,22,24). The molecule has 0 aliphatic heterocycles. The molecule has 0 fully saturated rings. The smallest absolute Gasteiger partial charge is 0.270 e. The van der Waals surface area contributed by atoms with Crippen LogP contribution in [0.2, 0.25) is 0 Å². The Balaban J connectivity index is 1.66. The summed E-state index contributed by atoms with van der Waals surface area (Å²) in [7, 11) is -2.38. The summed E-state index contributed by atoms with van der Waals surface area (Å²) >= 11 is 0.766. The highest BCUT2D eigenvalue weighted by Gasteiger charge is 2.21. The van der Waals surface area contributed by atoms with Gasteiger partial charge in [0.15, 0.2) is 11.5 Å². The van der Waals surface area contributed by atoms with Crippen LogP contribution >= 0.6 is 11.3 Å². The molecule has 1 heterocycles. The average Bonchev–Trinajstić information content (AvgIpc) is 3.23. The number of nitrogens with one attached hydrogen (secondary N) is 2. The summed E-state index contributed by atoms with van der Waals surface area (Å²) < 4.78 is 38.0. The number of hydrogen-bond acceptors (Lipinski definition) is 8. The Labute approximate surface area is 178 Å². The molecule has 0 aliphatic rings. The van der Waals surface area contributed by atoms with Gasteiger partial charge < -0.3 is 9.47 Å². The predicted molar refractivity (Wildman–Crippen MR) is 112 cm³/mol. The first-order chi connectivity index (χ1) is 14.4. The molecule has 0 spiro atoms. The Morgan fingerprint density at radius 3 is 2.57 bits per heavy atom. The monoisotopic (exact) mass is 448 g/mol. The minimum absolute atomic E-state index is 0.0255. The van der Waals surface area contributed by atoms with Crippen molar-refractivity contribution < 1.29 is 22.7 Å². The maximum Gasteiger partial charge on any atom is 0.270 e. The largest absolute Gasteiger partial charge is 0.493 e. The van der Waals surface area contributed by atoms with Crippen molar-refractivity contribution in [3.05, 3.63) is 59.7 Å². The number of rotatable bonds is 9. The highest BCUT2D eigenvalue weighted by molar-refractivity contribution is 7.91. The Bertz CT molecular complexity index is 1120. The second-order valence-corrected chi connectivity index (χ2v) is 8.85. The van der Waals surface area contributed by atoms with Crippen molar-refractivity contribution >= 4 is 32.4 Å². The van der Waals surface area contributed by atoms with Crippen LogP contribution in [0.1, 0.15) is 22.8 Å². The van der Waals surface area contributed by atoms with E-state index in [1.54, 1.807) is 48.5 Å². The number of anilines is 1. The lowest BCUT2D eigenvalue weighted by Crippen LogP contribution is -2.23. The van der Waals surface area contributed by atoms with E-state index in [-0.39, 0.29) is 16.0 Å². The Hall–Kier alpha value is -3.02. The van der Waals surface area contributed by atoms with E-state index < -0.39 is 15.9 Å². The van der Waals surface area contributed by atoms with Crippen LogP contribution in [0.5, 0.6) is 11.5 Å². The molecule has 0 bridgehead atoms. The fraction of sp³-hybridized carbons (Fsp3) is 0.211. The minimum Gasteiger partial charge on any atom is -0.493 e. The first-order valence-electron chi connectivity index (χ1n) is 8.92. The van der Waals surface area contributed by atoms with E-state index >= 15 is 0 Å². The molecule has 2 N–H and O–H groups in total. The van der Waals surface area contributed by atoms with Crippen molar-refractivity contribution in [2.75, 3.05) is 19.0 Å². The Morgan fingerprint density at radius 1 is 1.10 bits per heavy atom. The van der Waals surface area contributed by atoms with Crippen LogP contribution < -0.4 is 19.5 Å². The summed E-state index contributed by atoms with van der Waals surface area (Å²) in [6, 6.07) is 13.7. The molecule has 1 amide bonds. The van der Waals surface area contributed by atoms with Gasteiger partial charge in [-0.15, -0.1) is 10.2 Å². The number of nitrogens with zero attached hydrogens (tertiary/aromatic N) is 2. The predicted octanol–water partition coefficient (Wildman–Crippen LogP) is 2.68. The zero-order valence-electron chi connectivity index (χ0n) is 16.3. The van der Waals surface area contributed by atoms with Crippen molar-refractivity contribution in [2.24, 2.45) is 0 Å². The number of aromatic nitrogens is 2. The first-order valence-corrected chi connectivity index (χ1v) is 11.2. The van der Waals surface area contributed by atoms with Crippen molar-refractivity contribution in [2.45, 2.75) is 17.8 Å². The molecule has 30 heavy (non-hydrogen) atoms. The number of carbonyl (C=O) groups is 1. The van der Waals surface area contributed by atoms with E-state index in [1.165, 1.54) is 7.11 Å². The highest BCUT2D eigenvalue weighted by atomic mass is 32.2. The number of ether oxygens (including phenoxy) is 2. The van der Waals surface area contributed by atoms with Gasteiger partial charge in [0.05, 0.1) is 13.7 Å². The van der Waals surface area contributed by atoms with Crippen LogP contribution in [0.4, 0.5) is 5.13 Å². The Morgan fingerprint density at radius 2 is 1.87 bits per heavy atom. The first kappa shape index (κ1) is 21.7. The van der Waals surface area contributed by atoms with Crippen molar-refractivity contribution in [3.8, 4) is 11.5 Å². The lowest BCUT2D eigenvalue weighted by Gasteiger charge is -2.11. The number of methoxy groups -OCH3 is 1. The summed E-state index contributed by atoms with van der Waals surface area (Å²) in [4.78, 5) is 12.2. The van der Waals surface area contributed by atoms with Gasteiger partial charge in [-0.2, -0.15) is 0 Å². The van der Waals surface area contributed by atoms with Gasteiger partial charge in [0.25, 0.3) is 15.9 Å². The number of amides is 1. The molecule has 9 nitrogen and oxygen atoms in total. The summed E-state index contributed by atoms with van der Waals surface area (Å²) in [5.74, 6) is 0.690. The molecule has 0 aliphatic carbocycles. The van der Waals surface area contributed by atoms with E-state index in [2.05, 4.69) is 20.2 Å². The number of benzene rings is 2. The van der Waals surface area contributed by atoms with Crippen molar-refractivity contribution in [1.82, 2.24) is 14.9 Å². The molecular formula is C19H20N4O5S2. The van der Waals surface area contributed by atoms with E-state index in [0.717, 1.165) is 11.3 Å². The molecular weight excluding hydrogens is 428 g/mol. The van der Waals surface area contributed by atoms with Gasteiger partial charge in [-0.25, -0.2) is 13.1 Å². The van der Waals surface area contributed by atoms with Crippen LogP contribution in [0.25, 0.3) is 0 Å². The van der Waals surface area contributed by atoms with Crippen LogP contribution in [-0.4, -0.2) is 38.2 Å². The van der Waals surface area contributed by atoms with E-state index in [0.29, 0.717) is 29.2 Å². The van der Waals surface area contributed by atoms with E-state index in [4.69, 9.17) is 9.47 Å². The molecule has 2 aromatic carbocycles. The molecule has 1 aromatic heterocycles. The van der Waals surface area contributed by atoms with Gasteiger partial charge >= 0.3 is 0 Å². The zero-order chi connectivity index (χ0) is 21.6. The summed E-state index contributed by atoms with van der Waals surface area (Å²) in [5, 5.41) is 10.1. The zero-order valence-corrected chi connectivity index (χ0v) is 17.9. The third-order valence-corrected chi connectivity index (χ3v) is 6.49. The van der Waals surface area contributed by atoms with Gasteiger partial charge in [0.2, 0.25) is 9.47 Å². The fourth-order valence-electron chi connectivity index (χ4n) is 2.47. The number of carbonyl (C=O) groups excluding carboxylic acids is 1. The SMILES string of the molecule is CCOc1cc(CNS(=O)(=O)c2nnc(NC(=O)c3ccccc3)s2)ccc1OC. The van der Waals surface area contributed by atoms with Crippen LogP contribution in [0.15, 0.2) is 52.9 Å². The second-order valence-electron chi connectivity index (χ2n) is 5.94. The lowest BCUT2D eigenvalue weighted by molar-refractivity contribution is 0.102. The molecule has 0 atom stereocenters. The van der Waals surface area contributed by atoms with Gasteiger partial charge in [0, 0.05) is 12.1 Å². The van der Waals surface area contributed by atoms with Gasteiger partial charge in [-0.3, -0.25) is 10.1 Å². The summed E-state index contributed by atoms with van der Waals surface area (Å²) in [6.07, 6.45) is 0. The highest BCUT2D eigenvalue weighted by Crippen LogP contribution is 2.28. The number of hydrogen-bond donors (Lipinski definition) is 2. The van der Waals surface area contributed by atoms with Crippen LogP contribution in [0.3, 0.4) is 0 Å². The molecule has 0 unspecified atom stereocenters. The third-order valence-electron chi connectivity index (χ3n) is 3.89. The van der Waals surface area contributed by atoms with Crippen LogP contribution in [0, 0.1) is 0 Å². The molecule has 3 rings (SSSR count). The molecule has 0 saturated heterocycles. The number of sulfonamides is 1. The van der Waals surface area contributed by atoms with Gasteiger partial charge in [0.1, 0.15) is 0 Å². The van der Waals surface area contributed by atoms with Crippen molar-refractivity contribution in [3.63, 3.8) is 0 Å². The van der Waals surface area contributed by atoms with Crippen LogP contribution in [-0.2, 0) is 16.6 Å². The molecule has 158 valence electrons. The third kappa shape index (κ3) is 5.32. The molecule has 0 radical (unpaired) electrons. The average molecular weight is 449 g/mol. The summed E-state index contributed by atoms with van der Waals surface area (Å²) in [6.45, 7) is 2.32. The minimum atomic E-state index is -3.91. The normalized spacial score (nSPS) is 11.1. The van der Waals surface area contributed by atoms with Gasteiger partial charge in [-0.05, 0) is 36.8 Å². The topological polar surface area (TPSA) is 120 Å². The van der Waals surface area contributed by atoms with E-state index in [9.17, 15) is 13.2 Å². The molecule has 11 heteroatoms. The molecule has 0 saturated carbocycles.